The molecule has 0 aromatic carbocycles. The molecule has 1 saturated heterocycles. The molecule has 0 aromatic heterocycles. The highest BCUT2D eigenvalue weighted by molar-refractivity contribution is 8.93. The Labute approximate surface area is 80.0 Å². The summed E-state index contributed by atoms with van der Waals surface area (Å²) in [5.74, 6) is 0.821. The van der Waals surface area contributed by atoms with Crippen LogP contribution in [0.5, 0.6) is 0 Å². The van der Waals surface area contributed by atoms with Crippen molar-refractivity contribution < 1.29 is 4.79 Å². The molecule has 0 unspecified atom stereocenters. The minimum absolute atomic E-state index is 0. The number of fused-ring (bicyclic) bond motifs is 1. The van der Waals surface area contributed by atoms with E-state index in [1.54, 1.807) is 16.7 Å². The lowest BCUT2D eigenvalue weighted by Gasteiger charge is -2.18. The standard InChI is InChI=1S/C6H8N2OS.BrH/c9-5-4-10-6-7-2-1-3-8(5)6;/h1-4H2;1H. The van der Waals surface area contributed by atoms with E-state index in [1.807, 2.05) is 0 Å². The molecule has 0 radical (unpaired) electrons. The Morgan fingerprint density at radius 1 is 1.55 bits per heavy atom. The average molecular weight is 237 g/mol. The Morgan fingerprint density at radius 2 is 2.36 bits per heavy atom. The molecule has 62 valence electrons. The van der Waals surface area contributed by atoms with E-state index in [9.17, 15) is 4.79 Å². The normalized spacial score (nSPS) is 22.4. The predicted octanol–water partition coefficient (Wildman–Crippen LogP) is 0.899. The first-order valence-corrected chi connectivity index (χ1v) is 4.34. The van der Waals surface area contributed by atoms with E-state index >= 15 is 0 Å². The first-order valence-electron chi connectivity index (χ1n) is 3.35. The van der Waals surface area contributed by atoms with E-state index in [1.165, 1.54) is 0 Å². The zero-order valence-electron chi connectivity index (χ0n) is 5.95. The summed E-state index contributed by atoms with van der Waals surface area (Å²) in [6.07, 6.45) is 1.02. The smallest absolute Gasteiger partial charge is 0.239 e. The van der Waals surface area contributed by atoms with Gasteiger partial charge >= 0.3 is 0 Å². The van der Waals surface area contributed by atoms with Crippen molar-refractivity contribution >= 4 is 39.8 Å². The van der Waals surface area contributed by atoms with Crippen LogP contribution in [0.2, 0.25) is 0 Å². The number of hydrogen-bond acceptors (Lipinski definition) is 3. The molecule has 0 N–H and O–H groups in total. The van der Waals surface area contributed by atoms with E-state index in [2.05, 4.69) is 4.99 Å². The fourth-order valence-electron chi connectivity index (χ4n) is 1.14. The molecule has 0 spiro atoms. The Kier molecular flexibility index (Phi) is 2.95. The highest BCUT2D eigenvalue weighted by atomic mass is 79.9. The minimum Gasteiger partial charge on any atom is -0.291 e. The lowest BCUT2D eigenvalue weighted by atomic mass is 10.3. The number of hydrogen-bond donors (Lipinski definition) is 0. The summed E-state index contributed by atoms with van der Waals surface area (Å²) in [4.78, 5) is 17.0. The van der Waals surface area contributed by atoms with Crippen molar-refractivity contribution in [3.8, 4) is 0 Å². The van der Waals surface area contributed by atoms with Gasteiger partial charge in [-0.3, -0.25) is 14.7 Å². The Balaban J connectivity index is 0.000000605. The maximum absolute atomic E-state index is 11.0. The fourth-order valence-corrected chi connectivity index (χ4v) is 2.08. The van der Waals surface area contributed by atoms with Crippen molar-refractivity contribution in [3.05, 3.63) is 0 Å². The monoisotopic (exact) mass is 236 g/mol. The van der Waals surface area contributed by atoms with Crippen LogP contribution in [0.4, 0.5) is 0 Å². The molecule has 2 aliphatic heterocycles. The molecule has 1 fully saturated rings. The first kappa shape index (κ1) is 9.06. The highest BCUT2D eigenvalue weighted by Crippen LogP contribution is 2.21. The fraction of sp³-hybridized carbons (Fsp3) is 0.667. The average Bonchev–Trinajstić information content (AvgIpc) is 2.34. The molecule has 0 aliphatic carbocycles. The lowest BCUT2D eigenvalue weighted by Crippen LogP contribution is -2.33. The number of halogens is 1. The number of carbonyl (C=O) groups is 1. The van der Waals surface area contributed by atoms with Gasteiger partial charge in [-0.1, -0.05) is 11.8 Å². The summed E-state index contributed by atoms with van der Waals surface area (Å²) in [7, 11) is 0. The first-order chi connectivity index (χ1) is 4.88. The molecular weight excluding hydrogens is 228 g/mol. The van der Waals surface area contributed by atoms with E-state index < -0.39 is 0 Å². The number of carbonyl (C=O) groups excluding carboxylic acids is 1. The van der Waals surface area contributed by atoms with Crippen LogP contribution in [0.15, 0.2) is 4.99 Å². The number of thioether (sulfide) groups is 1. The van der Waals surface area contributed by atoms with Crippen molar-refractivity contribution in [2.45, 2.75) is 6.42 Å². The van der Waals surface area contributed by atoms with Crippen LogP contribution in [0, 0.1) is 0 Å². The Hall–Kier alpha value is -0.0300. The lowest BCUT2D eigenvalue weighted by molar-refractivity contribution is -0.124. The molecule has 0 aromatic rings. The van der Waals surface area contributed by atoms with Gasteiger partial charge in [-0.15, -0.1) is 17.0 Å². The van der Waals surface area contributed by atoms with E-state index in [0.29, 0.717) is 5.75 Å². The van der Waals surface area contributed by atoms with Crippen LogP contribution in [-0.4, -0.2) is 34.8 Å². The third-order valence-corrected chi connectivity index (χ3v) is 2.64. The second-order valence-corrected chi connectivity index (χ2v) is 3.29. The van der Waals surface area contributed by atoms with Crippen molar-refractivity contribution in [3.63, 3.8) is 0 Å². The van der Waals surface area contributed by atoms with E-state index in [0.717, 1.165) is 24.7 Å². The van der Waals surface area contributed by atoms with Crippen LogP contribution in [-0.2, 0) is 4.79 Å². The minimum atomic E-state index is 0. The van der Waals surface area contributed by atoms with Gasteiger partial charge in [0.05, 0.1) is 5.75 Å². The number of amides is 1. The van der Waals surface area contributed by atoms with E-state index in [-0.39, 0.29) is 22.9 Å². The molecule has 0 atom stereocenters. The second-order valence-electron chi connectivity index (χ2n) is 2.35. The molecule has 3 nitrogen and oxygen atoms in total. The molecule has 0 saturated carbocycles. The third kappa shape index (κ3) is 1.59. The summed E-state index contributed by atoms with van der Waals surface area (Å²) in [6.45, 7) is 1.77. The van der Waals surface area contributed by atoms with Crippen molar-refractivity contribution in [1.82, 2.24) is 4.90 Å². The predicted molar refractivity (Wildman–Crippen MR) is 51.4 cm³/mol. The van der Waals surface area contributed by atoms with Crippen molar-refractivity contribution in [2.75, 3.05) is 18.8 Å². The van der Waals surface area contributed by atoms with E-state index in [4.69, 9.17) is 0 Å². The Bertz CT molecular complexity index is 207. The van der Waals surface area contributed by atoms with Crippen LogP contribution < -0.4 is 0 Å². The molecule has 11 heavy (non-hydrogen) atoms. The van der Waals surface area contributed by atoms with Gasteiger partial charge in [0.2, 0.25) is 5.91 Å². The molecule has 5 heteroatoms. The van der Waals surface area contributed by atoms with Crippen LogP contribution in [0.25, 0.3) is 0 Å². The molecule has 1 amide bonds. The topological polar surface area (TPSA) is 32.7 Å². The third-order valence-electron chi connectivity index (χ3n) is 1.64. The molecular formula is C6H9BrN2OS. The Morgan fingerprint density at radius 3 is 3.09 bits per heavy atom. The number of amidine groups is 1. The zero-order chi connectivity index (χ0) is 6.97. The molecule has 2 aliphatic rings. The SMILES string of the molecule is Br.O=C1CSC2=NCCCN12. The zero-order valence-corrected chi connectivity index (χ0v) is 8.48. The second kappa shape index (κ2) is 3.58. The highest BCUT2D eigenvalue weighted by Gasteiger charge is 2.28. The molecule has 0 bridgehead atoms. The molecule has 2 rings (SSSR count). The summed E-state index contributed by atoms with van der Waals surface area (Å²) in [6, 6.07) is 0. The molecule has 2 heterocycles. The largest absolute Gasteiger partial charge is 0.291 e. The number of aliphatic imine (C=N–C) groups is 1. The number of rotatable bonds is 0. The summed E-state index contributed by atoms with van der Waals surface area (Å²) >= 11 is 1.56. The maximum atomic E-state index is 11.0. The number of nitrogens with zero attached hydrogens (tertiary/aromatic N) is 2. The van der Waals surface area contributed by atoms with Crippen LogP contribution >= 0.6 is 28.7 Å². The maximum Gasteiger partial charge on any atom is 0.239 e. The van der Waals surface area contributed by atoms with Crippen LogP contribution in [0.3, 0.4) is 0 Å². The summed E-state index contributed by atoms with van der Waals surface area (Å²) in [5.41, 5.74) is 0. The summed E-state index contributed by atoms with van der Waals surface area (Å²) in [5, 5.41) is 0.941. The summed E-state index contributed by atoms with van der Waals surface area (Å²) < 4.78 is 0. The van der Waals surface area contributed by atoms with Gasteiger partial charge in [0.25, 0.3) is 0 Å². The van der Waals surface area contributed by atoms with Crippen molar-refractivity contribution in [2.24, 2.45) is 4.99 Å². The van der Waals surface area contributed by atoms with Crippen LogP contribution in [0.1, 0.15) is 6.42 Å². The van der Waals surface area contributed by atoms with Gasteiger partial charge < -0.3 is 0 Å². The van der Waals surface area contributed by atoms with Gasteiger partial charge in [-0.25, -0.2) is 0 Å². The van der Waals surface area contributed by atoms with Gasteiger partial charge in [0, 0.05) is 13.1 Å². The van der Waals surface area contributed by atoms with Gasteiger partial charge in [-0.05, 0) is 6.42 Å². The van der Waals surface area contributed by atoms with Gasteiger partial charge in [-0.2, -0.15) is 0 Å². The quantitative estimate of drug-likeness (QED) is 0.627. The van der Waals surface area contributed by atoms with Crippen molar-refractivity contribution in [1.29, 1.82) is 0 Å². The van der Waals surface area contributed by atoms with Gasteiger partial charge in [0.1, 0.15) is 0 Å². The van der Waals surface area contributed by atoms with Gasteiger partial charge in [0.15, 0.2) is 5.17 Å².